The molecule has 0 bridgehead atoms. The topological polar surface area (TPSA) is 48.1 Å². The van der Waals surface area contributed by atoms with Crippen LogP contribution in [0.25, 0.3) is 10.8 Å². The van der Waals surface area contributed by atoms with Gasteiger partial charge in [0.25, 0.3) is 0 Å². The monoisotopic (exact) mass is 258 g/mol. The Bertz CT molecular complexity index is 555. The van der Waals surface area contributed by atoms with Gasteiger partial charge in [-0.15, -0.1) is 0 Å². The lowest BCUT2D eigenvalue weighted by Crippen LogP contribution is -2.38. The molecule has 0 radical (unpaired) electrons. The lowest BCUT2D eigenvalue weighted by Gasteiger charge is -2.34. The number of methoxy groups -OCH3 is 1. The fraction of sp³-hybridized carbons (Fsp3) is 0.438. The van der Waals surface area contributed by atoms with Crippen LogP contribution in [-0.4, -0.2) is 18.2 Å². The highest BCUT2D eigenvalue weighted by atomic mass is 16.5. The number of pyridine rings is 1. The van der Waals surface area contributed by atoms with Gasteiger partial charge in [-0.05, 0) is 16.4 Å². The predicted octanol–water partition coefficient (Wildman–Crippen LogP) is 3.30. The molecule has 2 unspecified atom stereocenters. The molecule has 1 heterocycles. The van der Waals surface area contributed by atoms with Crippen LogP contribution in [0.3, 0.4) is 0 Å². The molecule has 0 spiro atoms. The second-order valence-corrected chi connectivity index (χ2v) is 6.00. The Morgan fingerprint density at radius 1 is 1.16 bits per heavy atom. The van der Waals surface area contributed by atoms with E-state index in [0.717, 1.165) is 16.3 Å². The Morgan fingerprint density at radius 2 is 1.84 bits per heavy atom. The molecule has 0 aliphatic carbocycles. The van der Waals surface area contributed by atoms with Crippen LogP contribution in [0.2, 0.25) is 0 Å². The number of ether oxygens (including phenoxy) is 1. The Kier molecular flexibility index (Phi) is 3.88. The molecule has 0 aliphatic rings. The average Bonchev–Trinajstić information content (AvgIpc) is 2.37. The van der Waals surface area contributed by atoms with Crippen LogP contribution in [0.4, 0.5) is 0 Å². The molecule has 2 aromatic rings. The molecule has 0 saturated carbocycles. The molecule has 1 aromatic heterocycles. The van der Waals surface area contributed by atoms with E-state index in [4.69, 9.17) is 10.5 Å². The van der Waals surface area contributed by atoms with Gasteiger partial charge in [-0.25, -0.2) is 0 Å². The normalized spacial score (nSPS) is 15.4. The molecule has 3 nitrogen and oxygen atoms in total. The number of hydrogen-bond donors (Lipinski definition) is 1. The van der Waals surface area contributed by atoms with Gasteiger partial charge < -0.3 is 10.5 Å². The van der Waals surface area contributed by atoms with E-state index >= 15 is 0 Å². The first kappa shape index (κ1) is 14.0. The standard InChI is InChI=1S/C16H22N2O/c1-16(2,3)15(19-4)14(17)13-10-18-9-11-7-5-6-8-12(11)13/h5-10,14-15H,17H2,1-4H3. The van der Waals surface area contributed by atoms with E-state index < -0.39 is 0 Å². The van der Waals surface area contributed by atoms with Gasteiger partial charge in [-0.3, -0.25) is 4.98 Å². The first-order valence-electron chi connectivity index (χ1n) is 6.56. The maximum atomic E-state index is 6.44. The first-order valence-corrected chi connectivity index (χ1v) is 6.56. The minimum Gasteiger partial charge on any atom is -0.379 e. The van der Waals surface area contributed by atoms with Crippen molar-refractivity contribution in [2.45, 2.75) is 32.9 Å². The molecule has 0 fully saturated rings. The molecule has 1 aromatic carbocycles. The van der Waals surface area contributed by atoms with Crippen molar-refractivity contribution in [1.29, 1.82) is 0 Å². The van der Waals surface area contributed by atoms with Crippen molar-refractivity contribution in [1.82, 2.24) is 4.98 Å². The number of rotatable bonds is 3. The summed E-state index contributed by atoms with van der Waals surface area (Å²) in [5.41, 5.74) is 7.46. The van der Waals surface area contributed by atoms with Crippen LogP contribution < -0.4 is 5.73 Å². The van der Waals surface area contributed by atoms with Crippen molar-refractivity contribution in [3.05, 3.63) is 42.2 Å². The van der Waals surface area contributed by atoms with Crippen LogP contribution in [-0.2, 0) is 4.74 Å². The van der Waals surface area contributed by atoms with E-state index in [-0.39, 0.29) is 17.6 Å². The summed E-state index contributed by atoms with van der Waals surface area (Å²) in [6, 6.07) is 7.98. The summed E-state index contributed by atoms with van der Waals surface area (Å²) in [7, 11) is 1.72. The third-order valence-corrected chi connectivity index (χ3v) is 3.49. The summed E-state index contributed by atoms with van der Waals surface area (Å²) >= 11 is 0. The van der Waals surface area contributed by atoms with E-state index in [0.29, 0.717) is 0 Å². The second-order valence-electron chi connectivity index (χ2n) is 6.00. The van der Waals surface area contributed by atoms with Gasteiger partial charge in [-0.2, -0.15) is 0 Å². The average molecular weight is 258 g/mol. The summed E-state index contributed by atoms with van der Waals surface area (Å²) in [6.45, 7) is 6.42. The number of benzene rings is 1. The zero-order chi connectivity index (χ0) is 14.0. The van der Waals surface area contributed by atoms with E-state index in [9.17, 15) is 0 Å². The first-order chi connectivity index (χ1) is 8.95. The largest absolute Gasteiger partial charge is 0.379 e. The Balaban J connectivity index is 2.49. The van der Waals surface area contributed by atoms with Crippen molar-refractivity contribution in [2.75, 3.05) is 7.11 Å². The highest BCUT2D eigenvalue weighted by Crippen LogP contribution is 2.33. The third-order valence-electron chi connectivity index (χ3n) is 3.49. The van der Waals surface area contributed by atoms with E-state index in [1.54, 1.807) is 7.11 Å². The summed E-state index contributed by atoms with van der Waals surface area (Å²) in [6.07, 6.45) is 3.66. The minimum atomic E-state index is -0.191. The summed E-state index contributed by atoms with van der Waals surface area (Å²) in [4.78, 5) is 4.30. The van der Waals surface area contributed by atoms with Crippen LogP contribution in [0.15, 0.2) is 36.7 Å². The lowest BCUT2D eigenvalue weighted by molar-refractivity contribution is -0.00218. The predicted molar refractivity (Wildman–Crippen MR) is 78.9 cm³/mol. The van der Waals surface area contributed by atoms with Crippen LogP contribution in [0.1, 0.15) is 32.4 Å². The van der Waals surface area contributed by atoms with Gasteiger partial charge in [0.2, 0.25) is 0 Å². The lowest BCUT2D eigenvalue weighted by atomic mass is 9.82. The smallest absolute Gasteiger partial charge is 0.0812 e. The molecular formula is C16H22N2O. The molecule has 2 rings (SSSR count). The zero-order valence-corrected chi connectivity index (χ0v) is 12.1. The SMILES string of the molecule is COC(C(N)c1cncc2ccccc12)C(C)(C)C. The minimum absolute atomic E-state index is 0.0227. The second kappa shape index (κ2) is 5.27. The van der Waals surface area contributed by atoms with Crippen LogP contribution in [0.5, 0.6) is 0 Å². The van der Waals surface area contributed by atoms with E-state index in [2.05, 4.69) is 37.9 Å². The maximum Gasteiger partial charge on any atom is 0.0812 e. The number of fused-ring (bicyclic) bond motifs is 1. The number of hydrogen-bond acceptors (Lipinski definition) is 3. The van der Waals surface area contributed by atoms with Gasteiger partial charge in [-0.1, -0.05) is 45.0 Å². The van der Waals surface area contributed by atoms with Gasteiger partial charge in [0.1, 0.15) is 0 Å². The number of nitrogens with two attached hydrogens (primary N) is 1. The Hall–Kier alpha value is -1.45. The maximum absolute atomic E-state index is 6.44. The third kappa shape index (κ3) is 2.77. The summed E-state index contributed by atoms with van der Waals surface area (Å²) in [5, 5.41) is 2.26. The van der Waals surface area contributed by atoms with Crippen molar-refractivity contribution >= 4 is 10.8 Å². The summed E-state index contributed by atoms with van der Waals surface area (Å²) < 4.78 is 5.63. The van der Waals surface area contributed by atoms with E-state index in [1.807, 2.05) is 24.5 Å². The van der Waals surface area contributed by atoms with E-state index in [1.165, 1.54) is 0 Å². The molecule has 0 saturated heterocycles. The molecule has 0 aliphatic heterocycles. The quantitative estimate of drug-likeness (QED) is 0.919. The fourth-order valence-corrected chi connectivity index (χ4v) is 2.61. The number of aromatic nitrogens is 1. The summed E-state index contributed by atoms with van der Waals surface area (Å²) in [5.74, 6) is 0. The molecular weight excluding hydrogens is 236 g/mol. The van der Waals surface area contributed by atoms with Crippen molar-refractivity contribution < 1.29 is 4.74 Å². The van der Waals surface area contributed by atoms with Crippen LogP contribution >= 0.6 is 0 Å². The van der Waals surface area contributed by atoms with Crippen molar-refractivity contribution in [3.8, 4) is 0 Å². The molecule has 0 amide bonds. The Labute approximate surface area is 114 Å². The Morgan fingerprint density at radius 3 is 2.47 bits per heavy atom. The molecule has 2 N–H and O–H groups in total. The van der Waals surface area contributed by atoms with Gasteiger partial charge >= 0.3 is 0 Å². The van der Waals surface area contributed by atoms with Gasteiger partial charge in [0.05, 0.1) is 12.1 Å². The van der Waals surface area contributed by atoms with Crippen molar-refractivity contribution in [3.63, 3.8) is 0 Å². The molecule has 102 valence electrons. The number of nitrogens with zero attached hydrogens (tertiary/aromatic N) is 1. The van der Waals surface area contributed by atoms with Crippen molar-refractivity contribution in [2.24, 2.45) is 11.1 Å². The molecule has 2 atom stereocenters. The molecule has 3 heteroatoms. The zero-order valence-electron chi connectivity index (χ0n) is 12.1. The van der Waals surface area contributed by atoms with Gasteiger partial charge in [0, 0.05) is 24.9 Å². The van der Waals surface area contributed by atoms with Gasteiger partial charge in [0.15, 0.2) is 0 Å². The highest BCUT2D eigenvalue weighted by molar-refractivity contribution is 5.85. The highest BCUT2D eigenvalue weighted by Gasteiger charge is 2.31. The molecule has 19 heavy (non-hydrogen) atoms. The fourth-order valence-electron chi connectivity index (χ4n) is 2.61. The van der Waals surface area contributed by atoms with Crippen LogP contribution in [0, 0.1) is 5.41 Å².